The number of para-hydroxylation sites is 1. The van der Waals surface area contributed by atoms with Crippen LogP contribution in [-0.4, -0.2) is 37.4 Å². The lowest BCUT2D eigenvalue weighted by molar-refractivity contribution is -0.132. The summed E-state index contributed by atoms with van der Waals surface area (Å²) in [4.78, 5) is 23.6. The molecule has 3 rings (SSSR count). The lowest BCUT2D eigenvalue weighted by atomic mass is 10.1. The lowest BCUT2D eigenvalue weighted by Crippen LogP contribution is -2.32. The molecule has 0 radical (unpaired) electrons. The number of hydrazone groups is 1. The number of hydrogen-bond donors (Lipinski definition) is 0. The number of methoxy groups -OCH3 is 1. The molecule has 2 heterocycles. The molecule has 1 aromatic carbocycles. The van der Waals surface area contributed by atoms with Gasteiger partial charge in [-0.1, -0.05) is 12.1 Å². The predicted molar refractivity (Wildman–Crippen MR) is 71.7 cm³/mol. The maximum atomic E-state index is 11.9. The second-order valence-corrected chi connectivity index (χ2v) is 4.68. The van der Waals surface area contributed by atoms with Gasteiger partial charge in [-0.05, 0) is 12.1 Å². The molecule has 0 saturated carbocycles. The number of cyclic esters (lactones) is 1. The summed E-state index contributed by atoms with van der Waals surface area (Å²) in [5, 5.41) is 6.06. The van der Waals surface area contributed by atoms with E-state index in [1.54, 1.807) is 23.2 Å². The van der Waals surface area contributed by atoms with Gasteiger partial charge in [0.1, 0.15) is 5.71 Å². The Hall–Kier alpha value is -2.37. The van der Waals surface area contributed by atoms with Crippen LogP contribution in [0.2, 0.25) is 0 Å². The van der Waals surface area contributed by atoms with Crippen molar-refractivity contribution in [3.63, 3.8) is 0 Å². The van der Waals surface area contributed by atoms with Gasteiger partial charge in [0.15, 0.2) is 0 Å². The van der Waals surface area contributed by atoms with Crippen LogP contribution in [0.4, 0.5) is 5.69 Å². The third-order valence-electron chi connectivity index (χ3n) is 3.48. The molecule has 0 spiro atoms. The highest BCUT2D eigenvalue weighted by molar-refractivity contribution is 6.37. The van der Waals surface area contributed by atoms with Crippen molar-refractivity contribution < 1.29 is 19.1 Å². The summed E-state index contributed by atoms with van der Waals surface area (Å²) in [6, 6.07) is 7.12. The van der Waals surface area contributed by atoms with Crippen LogP contribution in [0.1, 0.15) is 23.2 Å². The highest BCUT2D eigenvalue weighted by atomic mass is 16.5. The third-order valence-corrected chi connectivity index (χ3v) is 3.48. The average molecular weight is 274 g/mol. The molecule has 6 nitrogen and oxygen atoms in total. The largest absolute Gasteiger partial charge is 0.464 e. The van der Waals surface area contributed by atoms with Crippen molar-refractivity contribution in [2.75, 3.05) is 18.7 Å². The minimum Gasteiger partial charge on any atom is -0.464 e. The molecule has 0 saturated heterocycles. The van der Waals surface area contributed by atoms with E-state index >= 15 is 0 Å². The molecule has 0 fully saturated rings. The van der Waals surface area contributed by atoms with Gasteiger partial charge in [0, 0.05) is 12.8 Å². The molecule has 0 aromatic heterocycles. The number of carbonyl (C=O) groups is 2. The average Bonchev–Trinajstić information content (AvgIpc) is 2.88. The zero-order chi connectivity index (χ0) is 14.1. The van der Waals surface area contributed by atoms with Gasteiger partial charge in [-0.2, -0.15) is 5.10 Å². The van der Waals surface area contributed by atoms with Crippen LogP contribution in [-0.2, 0) is 14.3 Å². The Labute approximate surface area is 116 Å². The van der Waals surface area contributed by atoms with E-state index < -0.39 is 5.97 Å². The summed E-state index contributed by atoms with van der Waals surface area (Å²) < 4.78 is 9.92. The first-order valence-electron chi connectivity index (χ1n) is 6.42. The van der Waals surface area contributed by atoms with Gasteiger partial charge in [-0.25, -0.2) is 9.59 Å². The Morgan fingerprint density at radius 3 is 3.05 bits per heavy atom. The SMILES string of the molecule is COC(=O)C1=NN2c3ccccc3C(=O)OCCC2C1. The summed E-state index contributed by atoms with van der Waals surface area (Å²) in [5.41, 5.74) is 1.51. The van der Waals surface area contributed by atoms with Gasteiger partial charge in [0.05, 0.1) is 31.0 Å². The minimum absolute atomic E-state index is 0.0124. The van der Waals surface area contributed by atoms with Crippen molar-refractivity contribution in [2.24, 2.45) is 5.10 Å². The molecule has 0 amide bonds. The van der Waals surface area contributed by atoms with E-state index in [0.717, 1.165) is 0 Å². The van der Waals surface area contributed by atoms with Crippen molar-refractivity contribution in [3.05, 3.63) is 29.8 Å². The van der Waals surface area contributed by atoms with E-state index in [4.69, 9.17) is 9.47 Å². The summed E-state index contributed by atoms with van der Waals surface area (Å²) in [7, 11) is 1.33. The fourth-order valence-corrected chi connectivity index (χ4v) is 2.49. The number of esters is 2. The Morgan fingerprint density at radius 1 is 1.45 bits per heavy atom. The van der Waals surface area contributed by atoms with Crippen LogP contribution in [0.15, 0.2) is 29.4 Å². The van der Waals surface area contributed by atoms with Crippen molar-refractivity contribution in [3.8, 4) is 0 Å². The minimum atomic E-state index is -0.429. The first-order valence-corrected chi connectivity index (χ1v) is 6.42. The van der Waals surface area contributed by atoms with E-state index in [9.17, 15) is 9.59 Å². The smallest absolute Gasteiger partial charge is 0.354 e. The van der Waals surface area contributed by atoms with Crippen molar-refractivity contribution in [1.82, 2.24) is 0 Å². The van der Waals surface area contributed by atoms with E-state index in [2.05, 4.69) is 5.10 Å². The molecular formula is C14H14N2O4. The molecule has 6 heteroatoms. The predicted octanol–water partition coefficient (Wildman–Crippen LogP) is 1.35. The molecule has 104 valence electrons. The molecule has 1 atom stereocenters. The standard InChI is InChI=1S/C14H14N2O4/c1-19-14(18)11-8-9-6-7-20-13(17)10-4-2-3-5-12(10)16(9)15-11/h2-5,9H,6-8H2,1H3. The van der Waals surface area contributed by atoms with Crippen LogP contribution in [0.3, 0.4) is 0 Å². The van der Waals surface area contributed by atoms with E-state index in [1.165, 1.54) is 7.11 Å². The zero-order valence-corrected chi connectivity index (χ0v) is 11.0. The number of nitrogens with zero attached hydrogens (tertiary/aromatic N) is 2. The summed E-state index contributed by atoms with van der Waals surface area (Å²) in [6.45, 7) is 0.318. The highest BCUT2D eigenvalue weighted by Gasteiger charge is 2.35. The maximum absolute atomic E-state index is 11.9. The molecule has 1 aromatic rings. The van der Waals surface area contributed by atoms with Crippen LogP contribution in [0.5, 0.6) is 0 Å². The molecule has 2 aliphatic heterocycles. The highest BCUT2D eigenvalue weighted by Crippen LogP contribution is 2.31. The van der Waals surface area contributed by atoms with Gasteiger partial charge in [0.2, 0.25) is 0 Å². The quantitative estimate of drug-likeness (QED) is 0.723. The molecule has 1 unspecified atom stereocenters. The lowest BCUT2D eigenvalue weighted by Gasteiger charge is -2.27. The molecule has 0 bridgehead atoms. The van der Waals surface area contributed by atoms with Crippen LogP contribution >= 0.6 is 0 Å². The first-order chi connectivity index (χ1) is 9.70. The summed E-state index contributed by atoms with van der Waals surface area (Å²) >= 11 is 0. The maximum Gasteiger partial charge on any atom is 0.354 e. The van der Waals surface area contributed by atoms with Crippen LogP contribution < -0.4 is 5.01 Å². The van der Waals surface area contributed by atoms with Crippen molar-refractivity contribution in [1.29, 1.82) is 0 Å². The fourth-order valence-electron chi connectivity index (χ4n) is 2.49. The Bertz CT molecular complexity index is 597. The van der Waals surface area contributed by atoms with Gasteiger partial charge < -0.3 is 9.47 Å². The Balaban J connectivity index is 2.04. The van der Waals surface area contributed by atoms with Gasteiger partial charge in [-0.15, -0.1) is 0 Å². The van der Waals surface area contributed by atoms with Crippen LogP contribution in [0.25, 0.3) is 0 Å². The summed E-state index contributed by atoms with van der Waals surface area (Å²) in [6.07, 6.45) is 1.13. The fraction of sp³-hybridized carbons (Fsp3) is 0.357. The van der Waals surface area contributed by atoms with E-state index in [0.29, 0.717) is 36.4 Å². The number of benzene rings is 1. The molecular weight excluding hydrogens is 260 g/mol. The summed E-state index contributed by atoms with van der Waals surface area (Å²) in [5.74, 6) is -0.790. The van der Waals surface area contributed by atoms with Crippen molar-refractivity contribution >= 4 is 23.3 Å². The number of ether oxygens (including phenoxy) is 2. The number of rotatable bonds is 1. The number of hydrogen-bond acceptors (Lipinski definition) is 6. The van der Waals surface area contributed by atoms with Crippen molar-refractivity contribution in [2.45, 2.75) is 18.9 Å². The molecule has 0 aliphatic carbocycles. The number of fused-ring (bicyclic) bond motifs is 3. The monoisotopic (exact) mass is 274 g/mol. The second-order valence-electron chi connectivity index (χ2n) is 4.68. The van der Waals surface area contributed by atoms with E-state index in [-0.39, 0.29) is 12.0 Å². The van der Waals surface area contributed by atoms with Gasteiger partial charge >= 0.3 is 11.9 Å². The number of anilines is 1. The van der Waals surface area contributed by atoms with Crippen LogP contribution in [0, 0.1) is 0 Å². The number of carbonyl (C=O) groups excluding carboxylic acids is 2. The normalized spacial score (nSPS) is 21.1. The molecule has 2 aliphatic rings. The Kier molecular flexibility index (Phi) is 3.14. The Morgan fingerprint density at radius 2 is 2.25 bits per heavy atom. The zero-order valence-electron chi connectivity index (χ0n) is 11.0. The molecule has 0 N–H and O–H groups in total. The third kappa shape index (κ3) is 2.03. The molecule has 20 heavy (non-hydrogen) atoms. The topological polar surface area (TPSA) is 68.2 Å². The second kappa shape index (κ2) is 4.96. The van der Waals surface area contributed by atoms with E-state index in [1.807, 2.05) is 6.07 Å². The first kappa shape index (κ1) is 12.7. The van der Waals surface area contributed by atoms with Gasteiger partial charge in [-0.3, -0.25) is 5.01 Å². The van der Waals surface area contributed by atoms with Gasteiger partial charge in [0.25, 0.3) is 0 Å².